The fourth-order valence-corrected chi connectivity index (χ4v) is 7.68. The molecule has 1 aliphatic carbocycles. The lowest BCUT2D eigenvalue weighted by molar-refractivity contribution is -0.117. The number of ketones is 1. The van der Waals surface area contributed by atoms with Gasteiger partial charge in [0.05, 0.1) is 8.07 Å². The zero-order valence-electron chi connectivity index (χ0n) is 10.9. The molecule has 90 valence electrons. The first kappa shape index (κ1) is 12.1. The van der Waals surface area contributed by atoms with Crippen LogP contribution in [0.1, 0.15) is 39.5 Å². The molecule has 0 N–H and O–H groups in total. The first-order valence-corrected chi connectivity index (χ1v) is 9.73. The first-order chi connectivity index (χ1) is 7.39. The molecule has 16 heavy (non-hydrogen) atoms. The van der Waals surface area contributed by atoms with Gasteiger partial charge in [-0.05, 0) is 24.0 Å². The minimum atomic E-state index is -0.986. The lowest BCUT2D eigenvalue weighted by Crippen LogP contribution is -2.29. The minimum absolute atomic E-state index is 0.213. The fourth-order valence-electron chi connectivity index (χ4n) is 3.55. The van der Waals surface area contributed by atoms with E-state index in [-0.39, 0.29) is 5.41 Å². The molecule has 0 aromatic heterocycles. The van der Waals surface area contributed by atoms with Crippen molar-refractivity contribution in [3.8, 4) is 0 Å². The number of rotatable bonds is 2. The molecule has 0 saturated carbocycles. The summed E-state index contributed by atoms with van der Waals surface area (Å²) < 4.78 is 0. The number of hydrogen-bond donors (Lipinski definition) is 0. The Balaban J connectivity index is 2.07. The van der Waals surface area contributed by atoms with E-state index in [1.165, 1.54) is 36.5 Å². The van der Waals surface area contributed by atoms with Gasteiger partial charge in [-0.15, -0.1) is 0 Å². The number of hydrogen-bond acceptors (Lipinski definition) is 1. The van der Waals surface area contributed by atoms with Crippen molar-refractivity contribution in [1.82, 2.24) is 0 Å². The molecule has 0 aromatic carbocycles. The third-order valence-corrected chi connectivity index (χ3v) is 8.62. The van der Waals surface area contributed by atoms with E-state index in [1.807, 2.05) is 6.08 Å². The molecule has 1 heterocycles. The van der Waals surface area contributed by atoms with Crippen molar-refractivity contribution in [3.05, 3.63) is 11.6 Å². The molecular weight excluding hydrogens is 212 g/mol. The molecule has 0 unspecified atom stereocenters. The maximum atomic E-state index is 11.7. The summed E-state index contributed by atoms with van der Waals surface area (Å²) in [4.78, 5) is 11.7. The lowest BCUT2D eigenvalue weighted by Gasteiger charge is -2.32. The van der Waals surface area contributed by atoms with Crippen LogP contribution in [0.5, 0.6) is 0 Å². The third kappa shape index (κ3) is 2.85. The number of allylic oxidation sites excluding steroid dienone is 2. The van der Waals surface area contributed by atoms with Crippen LogP contribution < -0.4 is 0 Å². The van der Waals surface area contributed by atoms with E-state index in [0.29, 0.717) is 5.78 Å². The summed E-state index contributed by atoms with van der Waals surface area (Å²) in [7, 11) is -0.986. The summed E-state index contributed by atoms with van der Waals surface area (Å²) in [5.41, 5.74) is 1.68. The van der Waals surface area contributed by atoms with Gasteiger partial charge < -0.3 is 0 Å². The average Bonchev–Trinajstić information content (AvgIpc) is 2.47. The Hall–Kier alpha value is -0.373. The van der Waals surface area contributed by atoms with Gasteiger partial charge in [0.25, 0.3) is 0 Å². The highest BCUT2D eigenvalue weighted by Gasteiger charge is 2.35. The summed E-state index contributed by atoms with van der Waals surface area (Å²) in [6.45, 7) is 7.00. The minimum Gasteiger partial charge on any atom is -0.295 e. The first-order valence-electron chi connectivity index (χ1n) is 6.61. The van der Waals surface area contributed by atoms with Gasteiger partial charge in [-0.3, -0.25) is 4.79 Å². The van der Waals surface area contributed by atoms with E-state index >= 15 is 0 Å². The van der Waals surface area contributed by atoms with Gasteiger partial charge in [0.1, 0.15) is 0 Å². The van der Waals surface area contributed by atoms with Crippen LogP contribution in [-0.2, 0) is 4.79 Å². The Morgan fingerprint density at radius 2 is 1.88 bits per heavy atom. The molecule has 1 saturated heterocycles. The van der Waals surface area contributed by atoms with Crippen LogP contribution in [-0.4, -0.2) is 13.9 Å². The molecule has 0 spiro atoms. The second kappa shape index (κ2) is 4.14. The van der Waals surface area contributed by atoms with Gasteiger partial charge in [-0.25, -0.2) is 0 Å². The van der Waals surface area contributed by atoms with Crippen LogP contribution in [0.3, 0.4) is 0 Å². The van der Waals surface area contributed by atoms with E-state index in [1.54, 1.807) is 0 Å². The molecular formula is C14H24OSi. The van der Waals surface area contributed by atoms with E-state index in [0.717, 1.165) is 12.8 Å². The molecule has 0 amide bonds. The van der Waals surface area contributed by atoms with E-state index in [9.17, 15) is 4.79 Å². The van der Waals surface area contributed by atoms with E-state index < -0.39 is 8.07 Å². The third-order valence-electron chi connectivity index (χ3n) is 4.19. The zero-order chi connectivity index (χ0) is 11.8. The summed E-state index contributed by atoms with van der Waals surface area (Å²) in [6.07, 6.45) is 6.75. The van der Waals surface area contributed by atoms with Crippen molar-refractivity contribution in [1.29, 1.82) is 0 Å². The molecule has 0 aromatic rings. The van der Waals surface area contributed by atoms with Crippen molar-refractivity contribution in [2.45, 2.75) is 64.2 Å². The van der Waals surface area contributed by atoms with Crippen molar-refractivity contribution in [2.24, 2.45) is 5.41 Å². The highest BCUT2D eigenvalue weighted by molar-refractivity contribution is 6.79. The van der Waals surface area contributed by atoms with Crippen molar-refractivity contribution < 1.29 is 4.79 Å². The number of carbonyl (C=O) groups excluding carboxylic acids is 1. The smallest absolute Gasteiger partial charge is 0.156 e. The fraction of sp³-hybridized carbons (Fsp3) is 0.786. The molecule has 1 aliphatic heterocycles. The maximum absolute atomic E-state index is 11.7. The second-order valence-corrected chi connectivity index (χ2v) is 12.0. The van der Waals surface area contributed by atoms with Crippen molar-refractivity contribution in [3.63, 3.8) is 0 Å². The molecule has 2 aliphatic rings. The summed E-state index contributed by atoms with van der Waals surface area (Å²) in [6, 6.07) is 4.26. The lowest BCUT2D eigenvalue weighted by atomic mass is 9.77. The maximum Gasteiger partial charge on any atom is 0.156 e. The zero-order valence-corrected chi connectivity index (χ0v) is 11.9. The summed E-state index contributed by atoms with van der Waals surface area (Å²) >= 11 is 0. The largest absolute Gasteiger partial charge is 0.295 e. The van der Waals surface area contributed by atoms with Gasteiger partial charge in [0, 0.05) is 6.42 Å². The van der Waals surface area contributed by atoms with Crippen LogP contribution in [0.15, 0.2) is 11.6 Å². The molecule has 1 fully saturated rings. The Bertz CT molecular complexity index is 322. The molecule has 0 bridgehead atoms. The molecule has 0 atom stereocenters. The predicted molar refractivity (Wildman–Crippen MR) is 71.4 cm³/mol. The standard InChI is InChI=1S/C14H24OSi/c1-14(2)9-12(8-13(15)10-14)11-16(3)6-4-5-7-16/h8H,4-7,9-11H2,1-3H3. The molecule has 2 rings (SSSR count). The SMILES string of the molecule is CC1(C)CC(=O)C=C(C[Si]2(C)CCCC2)C1. The molecule has 2 heteroatoms. The van der Waals surface area contributed by atoms with E-state index in [4.69, 9.17) is 0 Å². The molecule has 0 radical (unpaired) electrons. The Labute approximate surface area is 100 Å². The van der Waals surface area contributed by atoms with Gasteiger partial charge in [-0.2, -0.15) is 0 Å². The van der Waals surface area contributed by atoms with Crippen LogP contribution >= 0.6 is 0 Å². The van der Waals surface area contributed by atoms with Gasteiger partial charge in [0.15, 0.2) is 5.78 Å². The Morgan fingerprint density at radius 1 is 1.25 bits per heavy atom. The number of carbonyl (C=O) groups is 1. The Kier molecular flexibility index (Phi) is 3.13. The summed E-state index contributed by atoms with van der Waals surface area (Å²) in [5, 5.41) is 0. The quantitative estimate of drug-likeness (QED) is 0.658. The van der Waals surface area contributed by atoms with Gasteiger partial charge in [-0.1, -0.05) is 50.9 Å². The predicted octanol–water partition coefficient (Wildman–Crippen LogP) is 4.17. The topological polar surface area (TPSA) is 17.1 Å². The highest BCUT2D eigenvalue weighted by atomic mass is 28.3. The van der Waals surface area contributed by atoms with Crippen LogP contribution in [0.4, 0.5) is 0 Å². The average molecular weight is 236 g/mol. The Morgan fingerprint density at radius 3 is 2.44 bits per heavy atom. The van der Waals surface area contributed by atoms with E-state index in [2.05, 4.69) is 20.4 Å². The monoisotopic (exact) mass is 236 g/mol. The van der Waals surface area contributed by atoms with Crippen molar-refractivity contribution in [2.75, 3.05) is 0 Å². The van der Waals surface area contributed by atoms with Crippen molar-refractivity contribution >= 4 is 13.9 Å². The van der Waals surface area contributed by atoms with Crippen LogP contribution in [0.2, 0.25) is 24.7 Å². The normalized spacial score (nSPS) is 27.9. The second-order valence-electron chi connectivity index (χ2n) is 6.98. The van der Waals surface area contributed by atoms with Crippen LogP contribution in [0, 0.1) is 5.41 Å². The van der Waals surface area contributed by atoms with Gasteiger partial charge >= 0.3 is 0 Å². The summed E-state index contributed by atoms with van der Waals surface area (Å²) in [5.74, 6) is 0.363. The van der Waals surface area contributed by atoms with Crippen LogP contribution in [0.25, 0.3) is 0 Å². The van der Waals surface area contributed by atoms with Gasteiger partial charge in [0.2, 0.25) is 0 Å². The highest BCUT2D eigenvalue weighted by Crippen LogP contribution is 2.41. The molecule has 1 nitrogen and oxygen atoms in total.